The zero-order chi connectivity index (χ0) is 10.4. The van der Waals surface area contributed by atoms with Gasteiger partial charge >= 0.3 is 0 Å². The number of carbonyl (C=O) groups is 1. The number of anilines is 1. The van der Waals surface area contributed by atoms with Crippen LogP contribution in [0.15, 0.2) is 24.3 Å². The Bertz CT molecular complexity index is 310. The molecular weight excluding hydrogens is 176 g/mol. The highest BCUT2D eigenvalue weighted by atomic mass is 16.1. The molecule has 0 bridgehead atoms. The van der Waals surface area contributed by atoms with Gasteiger partial charge in [-0.25, -0.2) is 0 Å². The largest absolute Gasteiger partial charge is 0.399 e. The summed E-state index contributed by atoms with van der Waals surface area (Å²) in [6, 6.07) is 7.72. The van der Waals surface area contributed by atoms with Gasteiger partial charge in [0.15, 0.2) is 0 Å². The highest BCUT2D eigenvalue weighted by Crippen LogP contribution is 2.06. The number of hydrogen-bond donors (Lipinski definition) is 2. The number of benzene rings is 1. The first-order chi connectivity index (χ1) is 6.72. The van der Waals surface area contributed by atoms with E-state index in [1.165, 1.54) is 0 Å². The number of nitrogen functional groups attached to an aromatic ring is 1. The van der Waals surface area contributed by atoms with Gasteiger partial charge in [-0.15, -0.1) is 0 Å². The lowest BCUT2D eigenvalue weighted by Gasteiger charge is -2.04. The van der Waals surface area contributed by atoms with Crippen molar-refractivity contribution < 1.29 is 4.79 Å². The van der Waals surface area contributed by atoms with Crippen molar-refractivity contribution in [3.8, 4) is 0 Å². The SMILES string of the molecule is CCC(=O)NCCc1cccc(N)c1. The highest BCUT2D eigenvalue weighted by molar-refractivity contribution is 5.75. The van der Waals surface area contributed by atoms with Gasteiger partial charge in [0.2, 0.25) is 5.91 Å². The Kier molecular flexibility index (Phi) is 3.98. The van der Waals surface area contributed by atoms with Crippen molar-refractivity contribution in [2.45, 2.75) is 19.8 Å². The molecule has 0 aliphatic heterocycles. The average molecular weight is 192 g/mol. The van der Waals surface area contributed by atoms with Crippen molar-refractivity contribution in [2.75, 3.05) is 12.3 Å². The third-order valence-electron chi connectivity index (χ3n) is 2.01. The minimum absolute atomic E-state index is 0.0916. The minimum Gasteiger partial charge on any atom is -0.399 e. The van der Waals surface area contributed by atoms with E-state index < -0.39 is 0 Å². The Hall–Kier alpha value is -1.51. The van der Waals surface area contributed by atoms with Crippen LogP contribution in [0.25, 0.3) is 0 Å². The van der Waals surface area contributed by atoms with Crippen LogP contribution in [0.5, 0.6) is 0 Å². The van der Waals surface area contributed by atoms with Crippen molar-refractivity contribution in [2.24, 2.45) is 0 Å². The van der Waals surface area contributed by atoms with Crippen LogP contribution in [-0.2, 0) is 11.2 Å². The maximum absolute atomic E-state index is 10.9. The summed E-state index contributed by atoms with van der Waals surface area (Å²) in [6.07, 6.45) is 1.37. The molecule has 76 valence electrons. The van der Waals surface area contributed by atoms with Crippen LogP contribution < -0.4 is 11.1 Å². The molecule has 1 rings (SSSR count). The molecule has 0 unspecified atom stereocenters. The summed E-state index contributed by atoms with van der Waals surface area (Å²) in [4.78, 5) is 10.9. The van der Waals surface area contributed by atoms with Gasteiger partial charge in [0.05, 0.1) is 0 Å². The predicted molar refractivity (Wildman–Crippen MR) is 57.9 cm³/mol. The molecule has 0 aliphatic rings. The topological polar surface area (TPSA) is 55.1 Å². The van der Waals surface area contributed by atoms with E-state index in [4.69, 9.17) is 5.73 Å². The molecule has 0 aromatic heterocycles. The third-order valence-corrected chi connectivity index (χ3v) is 2.01. The van der Waals surface area contributed by atoms with E-state index in [2.05, 4.69) is 5.32 Å². The summed E-state index contributed by atoms with van der Waals surface area (Å²) in [5.74, 6) is 0.0916. The van der Waals surface area contributed by atoms with E-state index in [9.17, 15) is 4.79 Å². The molecule has 14 heavy (non-hydrogen) atoms. The van der Waals surface area contributed by atoms with Gasteiger partial charge < -0.3 is 11.1 Å². The molecule has 0 heterocycles. The average Bonchev–Trinajstić information content (AvgIpc) is 2.17. The Morgan fingerprint density at radius 2 is 2.29 bits per heavy atom. The van der Waals surface area contributed by atoms with Crippen molar-refractivity contribution in [3.05, 3.63) is 29.8 Å². The predicted octanol–water partition coefficient (Wildman–Crippen LogP) is 1.34. The molecule has 0 atom stereocenters. The lowest BCUT2D eigenvalue weighted by Crippen LogP contribution is -2.24. The van der Waals surface area contributed by atoms with Gasteiger partial charge in [0, 0.05) is 18.7 Å². The van der Waals surface area contributed by atoms with Crippen molar-refractivity contribution in [3.63, 3.8) is 0 Å². The fraction of sp³-hybridized carbons (Fsp3) is 0.364. The van der Waals surface area contributed by atoms with E-state index in [-0.39, 0.29) is 5.91 Å². The van der Waals surface area contributed by atoms with E-state index in [0.29, 0.717) is 13.0 Å². The lowest BCUT2D eigenvalue weighted by atomic mass is 10.1. The van der Waals surface area contributed by atoms with Gasteiger partial charge in [0.1, 0.15) is 0 Å². The van der Waals surface area contributed by atoms with E-state index in [0.717, 1.165) is 17.7 Å². The van der Waals surface area contributed by atoms with Gasteiger partial charge in [-0.2, -0.15) is 0 Å². The monoisotopic (exact) mass is 192 g/mol. The summed E-state index contributed by atoms with van der Waals surface area (Å²) < 4.78 is 0. The van der Waals surface area contributed by atoms with Crippen LogP contribution in [0.2, 0.25) is 0 Å². The number of rotatable bonds is 4. The van der Waals surface area contributed by atoms with E-state index in [1.807, 2.05) is 31.2 Å². The normalized spacial score (nSPS) is 9.79. The van der Waals surface area contributed by atoms with E-state index >= 15 is 0 Å². The second-order valence-corrected chi connectivity index (χ2v) is 3.20. The molecule has 0 aliphatic carbocycles. The van der Waals surface area contributed by atoms with Gasteiger partial charge in [-0.1, -0.05) is 19.1 Å². The summed E-state index contributed by atoms with van der Waals surface area (Å²) >= 11 is 0. The molecule has 3 heteroatoms. The first-order valence-electron chi connectivity index (χ1n) is 4.83. The third kappa shape index (κ3) is 3.47. The van der Waals surface area contributed by atoms with Crippen LogP contribution in [0.1, 0.15) is 18.9 Å². The smallest absolute Gasteiger partial charge is 0.219 e. The van der Waals surface area contributed by atoms with Crippen LogP contribution in [0.3, 0.4) is 0 Å². The Labute approximate surface area is 84.3 Å². The first kappa shape index (κ1) is 10.6. The Morgan fingerprint density at radius 3 is 2.93 bits per heavy atom. The Balaban J connectivity index is 2.35. The molecule has 0 fully saturated rings. The second-order valence-electron chi connectivity index (χ2n) is 3.20. The molecule has 1 aromatic carbocycles. The van der Waals surface area contributed by atoms with Gasteiger partial charge in [-0.3, -0.25) is 4.79 Å². The van der Waals surface area contributed by atoms with E-state index in [1.54, 1.807) is 0 Å². The maximum Gasteiger partial charge on any atom is 0.219 e. The summed E-state index contributed by atoms with van der Waals surface area (Å²) in [6.45, 7) is 2.52. The number of carbonyl (C=O) groups excluding carboxylic acids is 1. The van der Waals surface area contributed by atoms with Gasteiger partial charge in [-0.05, 0) is 24.1 Å². The number of nitrogens with two attached hydrogens (primary N) is 1. The summed E-state index contributed by atoms with van der Waals surface area (Å²) in [5.41, 5.74) is 7.55. The number of nitrogens with one attached hydrogen (secondary N) is 1. The van der Waals surface area contributed by atoms with Gasteiger partial charge in [0.25, 0.3) is 0 Å². The quantitative estimate of drug-likeness (QED) is 0.707. The molecule has 0 saturated carbocycles. The first-order valence-corrected chi connectivity index (χ1v) is 4.83. The maximum atomic E-state index is 10.9. The van der Waals surface area contributed by atoms with Crippen LogP contribution in [-0.4, -0.2) is 12.5 Å². The molecule has 0 radical (unpaired) electrons. The molecule has 0 spiro atoms. The van der Waals surface area contributed by atoms with Crippen molar-refractivity contribution in [1.82, 2.24) is 5.32 Å². The standard InChI is InChI=1S/C11H16N2O/c1-2-11(14)13-7-6-9-4-3-5-10(12)8-9/h3-5,8H,2,6-7,12H2,1H3,(H,13,14). The molecule has 3 N–H and O–H groups in total. The van der Waals surface area contributed by atoms with Crippen molar-refractivity contribution >= 4 is 11.6 Å². The molecule has 1 amide bonds. The van der Waals surface area contributed by atoms with Crippen LogP contribution in [0, 0.1) is 0 Å². The zero-order valence-electron chi connectivity index (χ0n) is 8.42. The molecule has 0 saturated heterocycles. The molecular formula is C11H16N2O. The minimum atomic E-state index is 0.0916. The van der Waals surface area contributed by atoms with Crippen LogP contribution in [0.4, 0.5) is 5.69 Å². The highest BCUT2D eigenvalue weighted by Gasteiger charge is 1.96. The van der Waals surface area contributed by atoms with Crippen LogP contribution >= 0.6 is 0 Å². The number of amides is 1. The Morgan fingerprint density at radius 1 is 1.50 bits per heavy atom. The fourth-order valence-electron chi connectivity index (χ4n) is 1.22. The molecule has 3 nitrogen and oxygen atoms in total. The lowest BCUT2D eigenvalue weighted by molar-refractivity contribution is -0.120. The summed E-state index contributed by atoms with van der Waals surface area (Å²) in [7, 11) is 0. The number of hydrogen-bond acceptors (Lipinski definition) is 2. The molecule has 1 aromatic rings. The fourth-order valence-corrected chi connectivity index (χ4v) is 1.22. The van der Waals surface area contributed by atoms with Crippen molar-refractivity contribution in [1.29, 1.82) is 0 Å². The summed E-state index contributed by atoms with van der Waals surface area (Å²) in [5, 5.41) is 2.82. The zero-order valence-corrected chi connectivity index (χ0v) is 8.42. The second kappa shape index (κ2) is 5.27.